The highest BCUT2D eigenvalue weighted by atomic mass is 28.3. The van der Waals surface area contributed by atoms with Gasteiger partial charge in [-0.3, -0.25) is 0 Å². The highest BCUT2D eigenvalue weighted by Gasteiger charge is 2.05. The van der Waals surface area contributed by atoms with Crippen molar-refractivity contribution in [3.8, 4) is 0 Å². The molecule has 0 aliphatic rings. The first-order valence-electron chi connectivity index (χ1n) is 3.43. The summed E-state index contributed by atoms with van der Waals surface area (Å²) in [6, 6.07) is 2.40. The van der Waals surface area contributed by atoms with Gasteiger partial charge in [-0.2, -0.15) is 0 Å². The predicted molar refractivity (Wildman–Crippen MR) is 41.7 cm³/mol. The van der Waals surface area contributed by atoms with E-state index in [1.165, 1.54) is 12.1 Å². The van der Waals surface area contributed by atoms with Crippen molar-refractivity contribution >= 4 is 9.04 Å². The fourth-order valence-corrected chi connectivity index (χ4v) is 2.17. The van der Waals surface area contributed by atoms with Gasteiger partial charge >= 0.3 is 0 Å². The minimum atomic E-state index is -0.466. The molecule has 0 rings (SSSR count). The number of nitrogens with two attached hydrogens (primary N) is 1. The van der Waals surface area contributed by atoms with Gasteiger partial charge in [0.2, 0.25) is 9.04 Å². The van der Waals surface area contributed by atoms with E-state index in [-0.39, 0.29) is 0 Å². The van der Waals surface area contributed by atoms with E-state index in [9.17, 15) is 0 Å². The summed E-state index contributed by atoms with van der Waals surface area (Å²) in [6.07, 6.45) is 1.12. The van der Waals surface area contributed by atoms with Gasteiger partial charge < -0.3 is 10.2 Å². The molecule has 0 fully saturated rings. The largest absolute Gasteiger partial charge is 0.420 e. The van der Waals surface area contributed by atoms with Crippen LogP contribution < -0.4 is 5.73 Å². The SMILES string of the molecule is CC[Si](CCCN)OC. The van der Waals surface area contributed by atoms with Gasteiger partial charge in [-0.15, -0.1) is 0 Å². The first-order valence-corrected chi connectivity index (χ1v) is 5.26. The second-order valence-corrected chi connectivity index (χ2v) is 4.68. The Morgan fingerprint density at radius 2 is 2.22 bits per heavy atom. The molecule has 1 radical (unpaired) electrons. The van der Waals surface area contributed by atoms with Crippen LogP contribution in [0, 0.1) is 0 Å². The lowest BCUT2D eigenvalue weighted by molar-refractivity contribution is 0.417. The highest BCUT2D eigenvalue weighted by molar-refractivity contribution is 6.51. The molecule has 0 atom stereocenters. The van der Waals surface area contributed by atoms with Crippen LogP contribution in [0.25, 0.3) is 0 Å². The van der Waals surface area contributed by atoms with Crippen LogP contribution in [0.15, 0.2) is 0 Å². The molecule has 9 heavy (non-hydrogen) atoms. The Kier molecular flexibility index (Phi) is 6.35. The van der Waals surface area contributed by atoms with E-state index in [4.69, 9.17) is 10.2 Å². The molecule has 2 N–H and O–H groups in total. The molecule has 0 aromatic heterocycles. The van der Waals surface area contributed by atoms with Crippen LogP contribution in [0.3, 0.4) is 0 Å². The zero-order chi connectivity index (χ0) is 7.11. The average molecular weight is 146 g/mol. The van der Waals surface area contributed by atoms with Gasteiger partial charge in [-0.05, 0) is 25.1 Å². The summed E-state index contributed by atoms with van der Waals surface area (Å²) in [5.41, 5.74) is 5.35. The molecule has 0 heterocycles. The second-order valence-electron chi connectivity index (χ2n) is 1.99. The quantitative estimate of drug-likeness (QED) is 0.587. The number of rotatable bonds is 5. The molecule has 0 saturated heterocycles. The van der Waals surface area contributed by atoms with Crippen molar-refractivity contribution in [1.29, 1.82) is 0 Å². The van der Waals surface area contributed by atoms with E-state index < -0.39 is 9.04 Å². The monoisotopic (exact) mass is 146 g/mol. The van der Waals surface area contributed by atoms with Crippen molar-refractivity contribution in [1.82, 2.24) is 0 Å². The first-order chi connectivity index (χ1) is 4.35. The van der Waals surface area contributed by atoms with E-state index in [1.54, 1.807) is 7.11 Å². The van der Waals surface area contributed by atoms with E-state index in [0.29, 0.717) is 0 Å². The lowest BCUT2D eigenvalue weighted by Gasteiger charge is -2.07. The van der Waals surface area contributed by atoms with Gasteiger partial charge in [0, 0.05) is 7.11 Å². The average Bonchev–Trinajstić information content (AvgIpc) is 1.91. The maximum atomic E-state index is 5.35. The van der Waals surface area contributed by atoms with E-state index in [1.807, 2.05) is 0 Å². The summed E-state index contributed by atoms with van der Waals surface area (Å²) < 4.78 is 5.25. The topological polar surface area (TPSA) is 35.2 Å². The maximum absolute atomic E-state index is 5.35. The van der Waals surface area contributed by atoms with Gasteiger partial charge in [0.15, 0.2) is 0 Å². The summed E-state index contributed by atoms with van der Waals surface area (Å²) in [5.74, 6) is 0. The molecule has 0 saturated carbocycles. The van der Waals surface area contributed by atoms with Gasteiger partial charge in [-0.25, -0.2) is 0 Å². The molecule has 2 nitrogen and oxygen atoms in total. The Morgan fingerprint density at radius 1 is 1.56 bits per heavy atom. The fourth-order valence-electron chi connectivity index (χ4n) is 0.722. The maximum Gasteiger partial charge on any atom is 0.210 e. The molecule has 55 valence electrons. The van der Waals surface area contributed by atoms with Gasteiger partial charge in [0.1, 0.15) is 0 Å². The summed E-state index contributed by atoms with van der Waals surface area (Å²) in [5, 5.41) is 0. The van der Waals surface area contributed by atoms with Gasteiger partial charge in [0.25, 0.3) is 0 Å². The number of hydrogen-bond donors (Lipinski definition) is 1. The van der Waals surface area contributed by atoms with Gasteiger partial charge in [-0.1, -0.05) is 6.92 Å². The van der Waals surface area contributed by atoms with E-state index in [2.05, 4.69) is 6.92 Å². The summed E-state index contributed by atoms with van der Waals surface area (Å²) in [7, 11) is 1.33. The molecule has 0 aliphatic heterocycles. The van der Waals surface area contributed by atoms with Crippen LogP contribution in [0.1, 0.15) is 13.3 Å². The zero-order valence-electron chi connectivity index (χ0n) is 6.31. The van der Waals surface area contributed by atoms with Crippen molar-refractivity contribution < 1.29 is 4.43 Å². The molecular weight excluding hydrogens is 130 g/mol. The number of hydrogen-bond acceptors (Lipinski definition) is 2. The Hall–Kier alpha value is 0.137. The normalized spacial score (nSPS) is 10.7. The molecule has 0 amide bonds. The lowest BCUT2D eigenvalue weighted by Crippen LogP contribution is -2.15. The zero-order valence-corrected chi connectivity index (χ0v) is 7.31. The van der Waals surface area contributed by atoms with Crippen LogP contribution in [0.2, 0.25) is 12.1 Å². The Balaban J connectivity index is 3.09. The molecule has 0 aromatic rings. The first kappa shape index (κ1) is 9.14. The predicted octanol–water partition coefficient (Wildman–Crippen LogP) is 0.993. The Labute approximate surface area is 59.1 Å². The molecule has 0 spiro atoms. The second kappa shape index (κ2) is 6.26. The fraction of sp³-hybridized carbons (Fsp3) is 1.00. The molecule has 0 unspecified atom stereocenters. The summed E-state index contributed by atoms with van der Waals surface area (Å²) in [6.45, 7) is 2.98. The summed E-state index contributed by atoms with van der Waals surface area (Å²) >= 11 is 0. The smallest absolute Gasteiger partial charge is 0.210 e. The lowest BCUT2D eigenvalue weighted by atomic mass is 10.5. The van der Waals surface area contributed by atoms with E-state index >= 15 is 0 Å². The molecule has 3 heteroatoms. The minimum absolute atomic E-state index is 0.466. The van der Waals surface area contributed by atoms with Crippen molar-refractivity contribution in [3.63, 3.8) is 0 Å². The standard InChI is InChI=1S/C6H16NOSi/c1-3-9(8-2)6-4-5-7/h3-7H2,1-2H3. The summed E-state index contributed by atoms with van der Waals surface area (Å²) in [4.78, 5) is 0. The highest BCUT2D eigenvalue weighted by Crippen LogP contribution is 2.01. The minimum Gasteiger partial charge on any atom is -0.420 e. The van der Waals surface area contributed by atoms with E-state index in [0.717, 1.165) is 13.0 Å². The van der Waals surface area contributed by atoms with Crippen LogP contribution in [-0.4, -0.2) is 22.7 Å². The Bertz CT molecular complexity index is 57.0. The molecule has 0 aromatic carbocycles. The van der Waals surface area contributed by atoms with Crippen LogP contribution in [0.4, 0.5) is 0 Å². The van der Waals surface area contributed by atoms with Crippen LogP contribution in [0.5, 0.6) is 0 Å². The molecule has 0 aliphatic carbocycles. The van der Waals surface area contributed by atoms with Crippen molar-refractivity contribution in [2.45, 2.75) is 25.4 Å². The third-order valence-electron chi connectivity index (χ3n) is 1.34. The van der Waals surface area contributed by atoms with Crippen LogP contribution >= 0.6 is 0 Å². The third-order valence-corrected chi connectivity index (χ3v) is 3.62. The van der Waals surface area contributed by atoms with Crippen LogP contribution in [-0.2, 0) is 4.43 Å². The molecule has 0 bridgehead atoms. The third kappa shape index (κ3) is 4.63. The van der Waals surface area contributed by atoms with Gasteiger partial charge in [0.05, 0.1) is 0 Å². The molecular formula is C6H16NOSi. The van der Waals surface area contributed by atoms with Crippen molar-refractivity contribution in [2.75, 3.05) is 13.7 Å². The van der Waals surface area contributed by atoms with Crippen molar-refractivity contribution in [3.05, 3.63) is 0 Å². The van der Waals surface area contributed by atoms with Crippen molar-refractivity contribution in [2.24, 2.45) is 5.73 Å². The Morgan fingerprint density at radius 3 is 2.56 bits per heavy atom.